The number of piperazine rings is 1. The molecular formula is C41H34N4O3S2. The van der Waals surface area contributed by atoms with Crippen molar-refractivity contribution in [1.29, 1.82) is 0 Å². The van der Waals surface area contributed by atoms with E-state index in [0.29, 0.717) is 6.42 Å². The molecule has 3 N–H and O–H groups in total. The number of nitrogens with one attached hydrogen (secondary N) is 2. The number of carbonyl (C=O) groups excluding carboxylic acids is 2. The van der Waals surface area contributed by atoms with Crippen molar-refractivity contribution >= 4 is 50.0 Å². The normalized spacial score (nSPS) is 24.2. The Bertz CT molecular complexity index is 2150. The van der Waals surface area contributed by atoms with Crippen molar-refractivity contribution in [2.24, 2.45) is 0 Å². The molecule has 2 saturated heterocycles. The molecule has 0 radical (unpaired) electrons. The first-order chi connectivity index (χ1) is 24.4. The third-order valence-electron chi connectivity index (χ3n) is 10.7. The van der Waals surface area contributed by atoms with Gasteiger partial charge >= 0.3 is 0 Å². The fourth-order valence-corrected chi connectivity index (χ4v) is 12.5. The molecule has 9 heteroatoms. The average molecular weight is 695 g/mol. The number of rotatable bonds is 7. The van der Waals surface area contributed by atoms with Gasteiger partial charge in [-0.1, -0.05) is 149 Å². The minimum absolute atomic E-state index is 0.296. The SMILES string of the molecule is CN1C(=O)[C@@]2(SSC(c3ccccc3)(c3ccccc3)c3ccccc3)C[C@]3(c4c[nH]c5ccccc45)c4ccccc4N[C@@H]3N2C(=O)[C@H]1O. The van der Waals surface area contributed by atoms with Gasteiger partial charge in [-0.2, -0.15) is 0 Å². The van der Waals surface area contributed by atoms with Crippen molar-refractivity contribution in [2.75, 3.05) is 12.4 Å². The van der Waals surface area contributed by atoms with Gasteiger partial charge in [0.25, 0.3) is 11.8 Å². The molecule has 6 aromatic rings. The van der Waals surface area contributed by atoms with Crippen molar-refractivity contribution < 1.29 is 14.7 Å². The zero-order valence-corrected chi connectivity index (χ0v) is 28.8. The van der Waals surface area contributed by atoms with Crippen molar-refractivity contribution in [3.05, 3.63) is 174 Å². The number of likely N-dealkylation sites (N-methyl/N-ethyl adjacent to an activating group) is 1. The summed E-state index contributed by atoms with van der Waals surface area (Å²) in [4.78, 5) is 34.6. The summed E-state index contributed by atoms with van der Waals surface area (Å²) in [5.41, 5.74) is 6.26. The van der Waals surface area contributed by atoms with E-state index in [1.165, 1.54) is 22.7 Å². The predicted octanol–water partition coefficient (Wildman–Crippen LogP) is 7.30. The Balaban J connectivity index is 1.28. The second-order valence-electron chi connectivity index (χ2n) is 13.2. The summed E-state index contributed by atoms with van der Waals surface area (Å²) in [6.45, 7) is 0. The number of hydrogen-bond donors (Lipinski definition) is 3. The molecule has 9 rings (SSSR count). The van der Waals surface area contributed by atoms with Crippen LogP contribution in [-0.4, -0.2) is 56.0 Å². The molecule has 0 unspecified atom stereocenters. The molecule has 2 amide bonds. The minimum Gasteiger partial charge on any atom is -0.365 e. The molecule has 7 nitrogen and oxygen atoms in total. The number of aliphatic hydroxyl groups excluding tert-OH is 1. The molecule has 3 aliphatic rings. The lowest BCUT2D eigenvalue weighted by Crippen LogP contribution is -2.69. The molecule has 0 saturated carbocycles. The Labute approximate surface area is 298 Å². The molecule has 0 spiro atoms. The molecular weight excluding hydrogens is 661 g/mol. The molecule has 4 heterocycles. The zero-order chi connectivity index (χ0) is 34.1. The summed E-state index contributed by atoms with van der Waals surface area (Å²) in [5, 5.41) is 16.0. The molecule has 1 aromatic heterocycles. The fraction of sp³-hybridized carbons (Fsp3) is 0.171. The third-order valence-corrected chi connectivity index (χ3v) is 14.4. The number of amides is 2. The standard InChI is InChI=1S/C41H34N4O3S2/c1-44-35(46)36(47)45-37-39(31-22-12-14-24-34(31)43-37,32-25-42-33-23-13-11-21-30(32)33)26-40(45,38(44)48)49-50-41(27-15-5-2-6-16-27,28-17-7-3-8-18-28)29-19-9-4-10-20-29/h2-25,35,37,42-43,46H,26H2,1H3/t35-,37-,39-,40+/m1/s1. The van der Waals surface area contributed by atoms with Crippen molar-refractivity contribution in [3.8, 4) is 0 Å². The first-order valence-electron chi connectivity index (χ1n) is 16.7. The lowest BCUT2D eigenvalue weighted by molar-refractivity contribution is -0.175. The maximum absolute atomic E-state index is 15.0. The summed E-state index contributed by atoms with van der Waals surface area (Å²) in [6.07, 6.45) is 0.0895. The predicted molar refractivity (Wildman–Crippen MR) is 200 cm³/mol. The van der Waals surface area contributed by atoms with Crippen LogP contribution in [0.2, 0.25) is 0 Å². The molecule has 5 aromatic carbocycles. The maximum Gasteiger partial charge on any atom is 0.275 e. The number of nitrogens with zero attached hydrogens (tertiary/aromatic N) is 2. The topological polar surface area (TPSA) is 88.7 Å². The van der Waals surface area contributed by atoms with E-state index in [2.05, 4.69) is 58.8 Å². The van der Waals surface area contributed by atoms with E-state index in [1.807, 2.05) is 97.2 Å². The van der Waals surface area contributed by atoms with Crippen LogP contribution in [0.25, 0.3) is 10.9 Å². The van der Waals surface area contributed by atoms with Gasteiger partial charge in [-0.15, -0.1) is 0 Å². The van der Waals surface area contributed by atoms with Gasteiger partial charge in [-0.3, -0.25) is 14.5 Å². The highest BCUT2D eigenvalue weighted by atomic mass is 33.1. The summed E-state index contributed by atoms with van der Waals surface area (Å²) in [7, 11) is 4.54. The van der Waals surface area contributed by atoms with E-state index < -0.39 is 33.3 Å². The number of fused-ring (bicyclic) bond motifs is 6. The number of aromatic amines is 1. The average Bonchev–Trinajstić information content (AvgIpc) is 3.83. The number of benzene rings is 5. The van der Waals surface area contributed by atoms with Crippen molar-refractivity contribution in [2.45, 2.75) is 33.8 Å². The molecule has 0 bridgehead atoms. The second-order valence-corrected chi connectivity index (χ2v) is 15.8. The molecule has 2 fully saturated rings. The van der Waals surface area contributed by atoms with Crippen LogP contribution in [0.4, 0.5) is 5.69 Å². The van der Waals surface area contributed by atoms with Gasteiger partial charge in [0.15, 0.2) is 4.87 Å². The Kier molecular flexibility index (Phi) is 7.17. The van der Waals surface area contributed by atoms with E-state index in [0.717, 1.165) is 44.4 Å². The van der Waals surface area contributed by atoms with Gasteiger partial charge < -0.3 is 20.3 Å². The minimum atomic E-state index is -1.60. The van der Waals surface area contributed by atoms with Gasteiger partial charge in [0.05, 0.1) is 5.41 Å². The number of carbonyl (C=O) groups is 2. The highest BCUT2D eigenvalue weighted by Gasteiger charge is 2.73. The number of para-hydroxylation sites is 2. The maximum atomic E-state index is 15.0. The van der Waals surface area contributed by atoms with Crippen LogP contribution in [0.5, 0.6) is 0 Å². The van der Waals surface area contributed by atoms with E-state index >= 15 is 4.79 Å². The largest absolute Gasteiger partial charge is 0.365 e. The monoisotopic (exact) mass is 694 g/mol. The summed E-state index contributed by atoms with van der Waals surface area (Å²) in [5.74, 6) is -0.810. The Morgan fingerprint density at radius 2 is 1.30 bits per heavy atom. The van der Waals surface area contributed by atoms with E-state index in [1.54, 1.807) is 15.7 Å². The lowest BCUT2D eigenvalue weighted by Gasteiger charge is -2.48. The van der Waals surface area contributed by atoms with Gasteiger partial charge in [-0.25, -0.2) is 0 Å². The highest BCUT2D eigenvalue weighted by molar-refractivity contribution is 8.77. The van der Waals surface area contributed by atoms with Crippen LogP contribution in [0, 0.1) is 0 Å². The van der Waals surface area contributed by atoms with Gasteiger partial charge in [0.1, 0.15) is 10.9 Å². The summed E-state index contributed by atoms with van der Waals surface area (Å²) in [6, 6.07) is 47.3. The van der Waals surface area contributed by atoms with Crippen molar-refractivity contribution in [3.63, 3.8) is 0 Å². The van der Waals surface area contributed by atoms with Gasteiger partial charge in [0, 0.05) is 36.3 Å². The Hall–Kier alpha value is -4.96. The smallest absolute Gasteiger partial charge is 0.275 e. The second kappa shape index (κ2) is 11.6. The quantitative estimate of drug-likeness (QED) is 0.120. The van der Waals surface area contributed by atoms with Crippen LogP contribution in [0.1, 0.15) is 34.2 Å². The van der Waals surface area contributed by atoms with Crippen LogP contribution in [-0.2, 0) is 19.8 Å². The van der Waals surface area contributed by atoms with Crippen LogP contribution < -0.4 is 5.32 Å². The first kappa shape index (κ1) is 31.1. The van der Waals surface area contributed by atoms with Crippen LogP contribution in [0.3, 0.4) is 0 Å². The number of aliphatic hydroxyl groups is 1. The zero-order valence-electron chi connectivity index (χ0n) is 27.2. The summed E-state index contributed by atoms with van der Waals surface area (Å²) >= 11 is 0. The summed E-state index contributed by atoms with van der Waals surface area (Å²) < 4.78 is -0.760. The number of anilines is 1. The molecule has 4 atom stereocenters. The van der Waals surface area contributed by atoms with Crippen LogP contribution in [0.15, 0.2) is 146 Å². The Morgan fingerprint density at radius 1 is 0.740 bits per heavy atom. The Morgan fingerprint density at radius 3 is 1.94 bits per heavy atom. The van der Waals surface area contributed by atoms with Crippen molar-refractivity contribution in [1.82, 2.24) is 14.8 Å². The number of aromatic nitrogens is 1. The lowest BCUT2D eigenvalue weighted by atomic mass is 9.72. The fourth-order valence-electron chi connectivity index (χ4n) is 8.45. The molecule has 3 aliphatic heterocycles. The highest BCUT2D eigenvalue weighted by Crippen LogP contribution is 2.67. The number of hydrogen-bond acceptors (Lipinski definition) is 6. The molecule has 0 aliphatic carbocycles. The number of H-pyrrole nitrogens is 1. The first-order valence-corrected chi connectivity index (χ1v) is 18.8. The van der Waals surface area contributed by atoms with E-state index in [4.69, 9.17) is 0 Å². The van der Waals surface area contributed by atoms with Crippen LogP contribution >= 0.6 is 21.6 Å². The third kappa shape index (κ3) is 4.17. The van der Waals surface area contributed by atoms with Gasteiger partial charge in [-0.05, 0) is 39.9 Å². The van der Waals surface area contributed by atoms with E-state index in [9.17, 15) is 9.90 Å². The molecule has 50 heavy (non-hydrogen) atoms. The van der Waals surface area contributed by atoms with Gasteiger partial charge in [0.2, 0.25) is 6.23 Å². The molecule has 248 valence electrons. The van der Waals surface area contributed by atoms with E-state index in [-0.39, 0.29) is 5.91 Å².